The molecule has 18 heavy (non-hydrogen) atoms. The van der Waals surface area contributed by atoms with Crippen LogP contribution in [-0.4, -0.2) is 44.2 Å². The van der Waals surface area contributed by atoms with Gasteiger partial charge in [0.15, 0.2) is 0 Å². The van der Waals surface area contributed by atoms with Crippen molar-refractivity contribution in [2.75, 3.05) is 33.8 Å². The average molecular weight is 258 g/mol. The van der Waals surface area contributed by atoms with E-state index in [4.69, 9.17) is 4.74 Å². The van der Waals surface area contributed by atoms with Crippen molar-refractivity contribution >= 4 is 5.97 Å². The van der Waals surface area contributed by atoms with Gasteiger partial charge in [-0.05, 0) is 18.8 Å². The highest BCUT2D eigenvalue weighted by atomic mass is 16.5. The van der Waals surface area contributed by atoms with Crippen LogP contribution >= 0.6 is 0 Å². The Morgan fingerprint density at radius 1 is 1.11 bits per heavy atom. The number of esters is 1. The zero-order valence-corrected chi connectivity index (χ0v) is 13.0. The predicted octanol–water partition coefficient (Wildman–Crippen LogP) is 3.23. The van der Waals surface area contributed by atoms with E-state index in [1.54, 1.807) is 0 Å². The van der Waals surface area contributed by atoms with Crippen LogP contribution in [0.1, 0.15) is 52.9 Å². The summed E-state index contributed by atoms with van der Waals surface area (Å²) in [5, 5.41) is 0. The Morgan fingerprint density at radius 3 is 2.33 bits per heavy atom. The number of hydrogen-bond donors (Lipinski definition) is 0. The summed E-state index contributed by atoms with van der Waals surface area (Å²) in [5.41, 5.74) is 0. The summed E-state index contributed by atoms with van der Waals surface area (Å²) >= 11 is 0. The molecule has 0 atom stereocenters. The molecule has 0 aromatic rings. The van der Waals surface area contributed by atoms with Gasteiger partial charge in [-0.2, -0.15) is 0 Å². The molecular formula is C15H32NO2+. The fourth-order valence-electron chi connectivity index (χ4n) is 1.88. The van der Waals surface area contributed by atoms with E-state index in [1.165, 1.54) is 32.2 Å². The van der Waals surface area contributed by atoms with E-state index < -0.39 is 0 Å². The Morgan fingerprint density at radius 2 is 1.78 bits per heavy atom. The predicted molar refractivity (Wildman–Crippen MR) is 76.4 cm³/mol. The van der Waals surface area contributed by atoms with Crippen LogP contribution in [0.5, 0.6) is 0 Å². The molecule has 0 rings (SSSR count). The van der Waals surface area contributed by atoms with Crippen LogP contribution in [-0.2, 0) is 9.53 Å². The average Bonchev–Trinajstić information content (AvgIpc) is 2.23. The summed E-state index contributed by atoms with van der Waals surface area (Å²) in [4.78, 5) is 11.4. The zero-order chi connectivity index (χ0) is 14.0. The molecule has 0 aliphatic rings. The third-order valence-electron chi connectivity index (χ3n) is 3.15. The van der Waals surface area contributed by atoms with Gasteiger partial charge in [0, 0.05) is 6.42 Å². The van der Waals surface area contributed by atoms with Gasteiger partial charge in [-0.15, -0.1) is 0 Å². The van der Waals surface area contributed by atoms with Crippen molar-refractivity contribution in [3.05, 3.63) is 0 Å². The standard InChI is InChI=1S/C15H32NO2/c1-6-7-8-9-10-16(4,5)11-12-18-15(17)13-14(2)3/h14H,6-13H2,1-5H3/q+1. The molecule has 108 valence electrons. The van der Waals surface area contributed by atoms with E-state index in [2.05, 4.69) is 21.0 Å². The lowest BCUT2D eigenvalue weighted by molar-refractivity contribution is -0.890. The van der Waals surface area contributed by atoms with Crippen LogP contribution in [0, 0.1) is 5.92 Å². The lowest BCUT2D eigenvalue weighted by Gasteiger charge is -2.29. The van der Waals surface area contributed by atoms with Gasteiger partial charge in [-0.1, -0.05) is 33.6 Å². The molecule has 0 bridgehead atoms. The lowest BCUT2D eigenvalue weighted by Crippen LogP contribution is -2.43. The molecule has 0 spiro atoms. The molecule has 0 aromatic carbocycles. The minimum atomic E-state index is -0.0593. The monoisotopic (exact) mass is 258 g/mol. The van der Waals surface area contributed by atoms with Gasteiger partial charge < -0.3 is 9.22 Å². The maximum Gasteiger partial charge on any atom is 0.306 e. The van der Waals surface area contributed by atoms with Crippen molar-refractivity contribution in [1.82, 2.24) is 0 Å². The Labute approximate surface area is 113 Å². The molecule has 0 amide bonds. The second kappa shape index (κ2) is 9.37. The van der Waals surface area contributed by atoms with Gasteiger partial charge in [0.2, 0.25) is 0 Å². The quantitative estimate of drug-likeness (QED) is 0.342. The number of nitrogens with zero attached hydrogens (tertiary/aromatic N) is 1. The van der Waals surface area contributed by atoms with Gasteiger partial charge in [-0.3, -0.25) is 4.79 Å². The van der Waals surface area contributed by atoms with Gasteiger partial charge in [0.05, 0.1) is 20.6 Å². The highest BCUT2D eigenvalue weighted by Gasteiger charge is 2.15. The van der Waals surface area contributed by atoms with Crippen LogP contribution < -0.4 is 0 Å². The minimum absolute atomic E-state index is 0.0593. The molecule has 0 saturated carbocycles. The molecule has 0 aliphatic carbocycles. The van der Waals surface area contributed by atoms with Crippen molar-refractivity contribution < 1.29 is 14.0 Å². The molecule has 0 fully saturated rings. The first-order valence-corrected chi connectivity index (χ1v) is 7.35. The molecule has 0 N–H and O–H groups in total. The smallest absolute Gasteiger partial charge is 0.306 e. The van der Waals surface area contributed by atoms with E-state index in [1.807, 2.05) is 13.8 Å². The normalized spacial score (nSPS) is 11.9. The molecule has 0 heterocycles. The summed E-state index contributed by atoms with van der Waals surface area (Å²) in [5.74, 6) is 0.324. The number of likely N-dealkylation sites (N-methyl/N-ethyl adjacent to an activating group) is 1. The first-order chi connectivity index (χ1) is 8.37. The summed E-state index contributed by atoms with van der Waals surface area (Å²) in [6.07, 6.45) is 5.71. The summed E-state index contributed by atoms with van der Waals surface area (Å²) < 4.78 is 6.20. The van der Waals surface area contributed by atoms with E-state index in [-0.39, 0.29) is 5.97 Å². The second-order valence-corrected chi connectivity index (χ2v) is 6.26. The first kappa shape index (κ1) is 17.4. The van der Waals surface area contributed by atoms with Crippen LogP contribution in [0.2, 0.25) is 0 Å². The number of carbonyl (C=O) groups is 1. The van der Waals surface area contributed by atoms with Crippen LogP contribution in [0.15, 0.2) is 0 Å². The number of hydrogen-bond acceptors (Lipinski definition) is 2. The first-order valence-electron chi connectivity index (χ1n) is 7.35. The molecule has 0 aliphatic heterocycles. The number of ether oxygens (including phenoxy) is 1. The molecule has 0 saturated heterocycles. The van der Waals surface area contributed by atoms with Gasteiger partial charge in [-0.25, -0.2) is 0 Å². The molecule has 3 nitrogen and oxygen atoms in total. The van der Waals surface area contributed by atoms with Crippen molar-refractivity contribution in [3.8, 4) is 0 Å². The van der Waals surface area contributed by atoms with Crippen molar-refractivity contribution in [2.24, 2.45) is 5.92 Å². The van der Waals surface area contributed by atoms with Gasteiger partial charge in [0.25, 0.3) is 0 Å². The van der Waals surface area contributed by atoms with Crippen molar-refractivity contribution in [3.63, 3.8) is 0 Å². The topological polar surface area (TPSA) is 26.3 Å². The fraction of sp³-hybridized carbons (Fsp3) is 0.933. The highest BCUT2D eigenvalue weighted by Crippen LogP contribution is 2.06. The number of carbonyl (C=O) groups excluding carboxylic acids is 1. The Hall–Kier alpha value is -0.570. The van der Waals surface area contributed by atoms with Crippen LogP contribution in [0.4, 0.5) is 0 Å². The third kappa shape index (κ3) is 10.6. The van der Waals surface area contributed by atoms with Gasteiger partial charge in [0.1, 0.15) is 13.2 Å². The van der Waals surface area contributed by atoms with E-state index in [0.29, 0.717) is 18.9 Å². The van der Waals surface area contributed by atoms with Gasteiger partial charge >= 0.3 is 5.97 Å². The largest absolute Gasteiger partial charge is 0.460 e. The Balaban J connectivity index is 3.66. The highest BCUT2D eigenvalue weighted by molar-refractivity contribution is 5.69. The summed E-state index contributed by atoms with van der Waals surface area (Å²) in [6.45, 7) is 8.93. The lowest BCUT2D eigenvalue weighted by atomic mass is 10.1. The molecule has 0 aromatic heterocycles. The maximum atomic E-state index is 11.4. The SMILES string of the molecule is CCCCCC[N+](C)(C)CCOC(=O)CC(C)C. The second-order valence-electron chi connectivity index (χ2n) is 6.26. The van der Waals surface area contributed by atoms with Crippen molar-refractivity contribution in [1.29, 1.82) is 0 Å². The van der Waals surface area contributed by atoms with E-state index in [9.17, 15) is 4.79 Å². The fourth-order valence-corrected chi connectivity index (χ4v) is 1.88. The third-order valence-corrected chi connectivity index (χ3v) is 3.15. The number of quaternary nitrogens is 1. The van der Waals surface area contributed by atoms with E-state index >= 15 is 0 Å². The molecule has 0 unspecified atom stereocenters. The minimum Gasteiger partial charge on any atom is -0.460 e. The number of rotatable bonds is 10. The molecular weight excluding hydrogens is 226 g/mol. The Kier molecular flexibility index (Phi) is 9.08. The van der Waals surface area contributed by atoms with Crippen LogP contribution in [0.25, 0.3) is 0 Å². The molecule has 3 heteroatoms. The Bertz CT molecular complexity index is 225. The summed E-state index contributed by atoms with van der Waals surface area (Å²) in [6, 6.07) is 0. The van der Waals surface area contributed by atoms with Crippen molar-refractivity contribution in [2.45, 2.75) is 52.9 Å². The molecule has 0 radical (unpaired) electrons. The zero-order valence-electron chi connectivity index (χ0n) is 13.0. The maximum absolute atomic E-state index is 11.4. The van der Waals surface area contributed by atoms with E-state index in [0.717, 1.165) is 11.0 Å². The van der Waals surface area contributed by atoms with Crippen LogP contribution in [0.3, 0.4) is 0 Å². The summed E-state index contributed by atoms with van der Waals surface area (Å²) in [7, 11) is 4.42. The number of unbranched alkanes of at least 4 members (excludes halogenated alkanes) is 3.